The maximum Gasteiger partial charge on any atom is 0.317 e. The number of hydrogen-bond donors (Lipinski definition) is 2. The van der Waals surface area contributed by atoms with Gasteiger partial charge in [0.15, 0.2) is 0 Å². The summed E-state index contributed by atoms with van der Waals surface area (Å²) >= 11 is 0. The number of carbonyl (C=O) groups excluding carboxylic acids is 1. The largest absolute Gasteiger partial charge is 0.379 e. The molecule has 0 aliphatic carbocycles. The highest BCUT2D eigenvalue weighted by molar-refractivity contribution is 5.76. The van der Waals surface area contributed by atoms with Gasteiger partial charge in [0.25, 0.3) is 0 Å². The van der Waals surface area contributed by atoms with Crippen LogP contribution < -0.4 is 11.1 Å². The Kier molecular flexibility index (Phi) is 2.84. The molecule has 5 nitrogen and oxygen atoms in total. The zero-order valence-electron chi connectivity index (χ0n) is 9.16. The van der Waals surface area contributed by atoms with Crippen LogP contribution in [0.4, 0.5) is 4.79 Å². The van der Waals surface area contributed by atoms with E-state index in [0.717, 1.165) is 19.4 Å². The van der Waals surface area contributed by atoms with Crippen molar-refractivity contribution in [2.75, 3.05) is 26.3 Å². The smallest absolute Gasteiger partial charge is 0.317 e. The number of likely N-dealkylation sites (tertiary alicyclic amines) is 1. The van der Waals surface area contributed by atoms with E-state index in [1.54, 1.807) is 4.90 Å². The first-order valence-corrected chi connectivity index (χ1v) is 5.55. The maximum absolute atomic E-state index is 11.7. The molecule has 0 aromatic heterocycles. The number of amides is 2. The van der Waals surface area contributed by atoms with Crippen LogP contribution in [0.2, 0.25) is 0 Å². The van der Waals surface area contributed by atoms with Crippen molar-refractivity contribution in [3.63, 3.8) is 0 Å². The average molecular weight is 213 g/mol. The summed E-state index contributed by atoms with van der Waals surface area (Å²) in [6, 6.07) is 0.187. The van der Waals surface area contributed by atoms with E-state index in [-0.39, 0.29) is 17.6 Å². The molecule has 2 rings (SSSR count). The van der Waals surface area contributed by atoms with Crippen LogP contribution in [-0.4, -0.2) is 48.8 Å². The molecule has 2 aliphatic heterocycles. The number of nitrogens with zero attached hydrogens (tertiary/aromatic N) is 1. The Morgan fingerprint density at radius 1 is 1.67 bits per heavy atom. The fourth-order valence-electron chi connectivity index (χ4n) is 2.00. The minimum Gasteiger partial charge on any atom is -0.379 e. The van der Waals surface area contributed by atoms with Crippen molar-refractivity contribution in [3.8, 4) is 0 Å². The van der Waals surface area contributed by atoms with Gasteiger partial charge in [-0.15, -0.1) is 0 Å². The van der Waals surface area contributed by atoms with Crippen LogP contribution in [0.3, 0.4) is 0 Å². The summed E-state index contributed by atoms with van der Waals surface area (Å²) in [5, 5.41) is 2.95. The Bertz CT molecular complexity index is 245. The van der Waals surface area contributed by atoms with E-state index in [1.165, 1.54) is 0 Å². The number of rotatable bonds is 2. The molecule has 0 radical (unpaired) electrons. The zero-order chi connectivity index (χ0) is 10.9. The van der Waals surface area contributed by atoms with Gasteiger partial charge in [0.2, 0.25) is 0 Å². The molecule has 2 amide bonds. The molecule has 1 atom stereocenters. The van der Waals surface area contributed by atoms with E-state index in [4.69, 9.17) is 10.5 Å². The van der Waals surface area contributed by atoms with Gasteiger partial charge in [0.1, 0.15) is 0 Å². The number of hydrogen-bond acceptors (Lipinski definition) is 3. The number of nitrogens with two attached hydrogens (primary N) is 1. The molecule has 15 heavy (non-hydrogen) atoms. The maximum atomic E-state index is 11.7. The summed E-state index contributed by atoms with van der Waals surface area (Å²) in [7, 11) is 0. The predicted molar refractivity (Wildman–Crippen MR) is 56.5 cm³/mol. The van der Waals surface area contributed by atoms with Gasteiger partial charge in [-0.05, 0) is 12.8 Å². The first kappa shape index (κ1) is 10.7. The van der Waals surface area contributed by atoms with Crippen molar-refractivity contribution in [3.05, 3.63) is 0 Å². The third-order valence-corrected chi connectivity index (χ3v) is 3.26. The van der Waals surface area contributed by atoms with Gasteiger partial charge in [-0.2, -0.15) is 0 Å². The summed E-state index contributed by atoms with van der Waals surface area (Å²) in [4.78, 5) is 13.5. The van der Waals surface area contributed by atoms with Crippen LogP contribution in [0.5, 0.6) is 0 Å². The first-order valence-electron chi connectivity index (χ1n) is 5.55. The van der Waals surface area contributed by atoms with Crippen molar-refractivity contribution in [1.29, 1.82) is 0 Å². The monoisotopic (exact) mass is 213 g/mol. The molecule has 86 valence electrons. The van der Waals surface area contributed by atoms with Gasteiger partial charge in [0.05, 0.1) is 18.2 Å². The molecule has 2 heterocycles. The molecule has 0 bridgehead atoms. The Balaban J connectivity index is 1.74. The van der Waals surface area contributed by atoms with E-state index in [0.29, 0.717) is 19.7 Å². The summed E-state index contributed by atoms with van der Waals surface area (Å²) in [6.45, 7) is 4.79. The predicted octanol–water partition coefficient (Wildman–Crippen LogP) is -0.0920. The minimum atomic E-state index is -0.149. The number of carbonyl (C=O) groups is 1. The summed E-state index contributed by atoms with van der Waals surface area (Å²) in [5.74, 6) is 0. The third kappa shape index (κ3) is 2.23. The Morgan fingerprint density at radius 3 is 2.93 bits per heavy atom. The van der Waals surface area contributed by atoms with E-state index in [2.05, 4.69) is 12.2 Å². The van der Waals surface area contributed by atoms with Gasteiger partial charge >= 0.3 is 6.03 Å². The molecule has 5 heteroatoms. The van der Waals surface area contributed by atoms with Gasteiger partial charge in [-0.3, -0.25) is 0 Å². The van der Waals surface area contributed by atoms with Crippen molar-refractivity contribution in [1.82, 2.24) is 10.2 Å². The summed E-state index contributed by atoms with van der Waals surface area (Å²) < 4.78 is 5.19. The summed E-state index contributed by atoms with van der Waals surface area (Å²) in [5.41, 5.74) is 5.84. The van der Waals surface area contributed by atoms with Gasteiger partial charge in [-0.1, -0.05) is 6.92 Å². The quantitative estimate of drug-likeness (QED) is 0.673. The highest BCUT2D eigenvalue weighted by Crippen LogP contribution is 2.21. The first-order chi connectivity index (χ1) is 7.13. The lowest BCUT2D eigenvalue weighted by Crippen LogP contribution is -2.70. The molecule has 3 N–H and O–H groups in total. The Labute approximate surface area is 89.9 Å². The van der Waals surface area contributed by atoms with Crippen molar-refractivity contribution in [2.45, 2.75) is 31.3 Å². The summed E-state index contributed by atoms with van der Waals surface area (Å²) in [6.07, 6.45) is 1.84. The molecular formula is C10H19N3O2. The molecule has 0 saturated carbocycles. The van der Waals surface area contributed by atoms with Gasteiger partial charge in [0, 0.05) is 19.7 Å². The highest BCUT2D eigenvalue weighted by atomic mass is 16.5. The Morgan fingerprint density at radius 2 is 2.40 bits per heavy atom. The van der Waals surface area contributed by atoms with E-state index in [1.807, 2.05) is 0 Å². The van der Waals surface area contributed by atoms with Crippen LogP contribution in [0, 0.1) is 0 Å². The average Bonchev–Trinajstić information content (AvgIpc) is 2.65. The number of urea groups is 1. The normalized spacial score (nSPS) is 28.7. The van der Waals surface area contributed by atoms with Crippen LogP contribution in [0.15, 0.2) is 0 Å². The minimum absolute atomic E-state index is 0.0000231. The van der Waals surface area contributed by atoms with Gasteiger partial charge < -0.3 is 20.7 Å². The lowest BCUT2D eigenvalue weighted by molar-refractivity contribution is 0.0909. The SMILES string of the molecule is CCC1(N)CN(C(=O)NC2CCOC2)C1. The van der Waals surface area contributed by atoms with Crippen molar-refractivity contribution < 1.29 is 9.53 Å². The fraction of sp³-hybridized carbons (Fsp3) is 0.900. The second-order valence-electron chi connectivity index (χ2n) is 4.58. The molecule has 2 fully saturated rings. The van der Waals surface area contributed by atoms with Crippen molar-refractivity contribution >= 4 is 6.03 Å². The van der Waals surface area contributed by atoms with Crippen LogP contribution >= 0.6 is 0 Å². The molecule has 1 unspecified atom stereocenters. The van der Waals surface area contributed by atoms with Gasteiger partial charge in [-0.25, -0.2) is 4.79 Å². The lowest BCUT2D eigenvalue weighted by atomic mass is 9.89. The zero-order valence-corrected chi connectivity index (χ0v) is 9.16. The molecule has 2 aliphatic rings. The van der Waals surface area contributed by atoms with E-state index < -0.39 is 0 Å². The topological polar surface area (TPSA) is 67.6 Å². The third-order valence-electron chi connectivity index (χ3n) is 3.26. The second-order valence-corrected chi connectivity index (χ2v) is 4.58. The van der Waals surface area contributed by atoms with Crippen LogP contribution in [0.25, 0.3) is 0 Å². The van der Waals surface area contributed by atoms with Crippen molar-refractivity contribution in [2.24, 2.45) is 5.73 Å². The molecule has 2 saturated heterocycles. The van der Waals surface area contributed by atoms with Crippen LogP contribution in [0.1, 0.15) is 19.8 Å². The number of nitrogens with one attached hydrogen (secondary N) is 1. The molecule has 0 aromatic rings. The molecule has 0 spiro atoms. The lowest BCUT2D eigenvalue weighted by Gasteiger charge is -2.47. The van der Waals surface area contributed by atoms with E-state index in [9.17, 15) is 4.79 Å². The standard InChI is InChI=1S/C10H19N3O2/c1-2-10(11)6-13(7-10)9(14)12-8-3-4-15-5-8/h8H,2-7,11H2,1H3,(H,12,14). The molecule has 0 aromatic carbocycles. The Hall–Kier alpha value is -0.810. The highest BCUT2D eigenvalue weighted by Gasteiger charge is 2.40. The van der Waals surface area contributed by atoms with E-state index >= 15 is 0 Å². The fourth-order valence-corrected chi connectivity index (χ4v) is 2.00. The second kappa shape index (κ2) is 3.98. The number of ether oxygens (including phenoxy) is 1. The van der Waals surface area contributed by atoms with Crippen LogP contribution in [-0.2, 0) is 4.74 Å². The molecular weight excluding hydrogens is 194 g/mol.